The molecule has 0 bridgehead atoms. The second-order valence-corrected chi connectivity index (χ2v) is 5.37. The number of ether oxygens (including phenoxy) is 2. The van der Waals surface area contributed by atoms with Gasteiger partial charge in [-0.1, -0.05) is 37.8 Å². The fourth-order valence-electron chi connectivity index (χ4n) is 2.17. The molecule has 0 fully saturated rings. The highest BCUT2D eigenvalue weighted by Gasteiger charge is 2.06. The lowest BCUT2D eigenvalue weighted by Crippen LogP contribution is -2.17. The summed E-state index contributed by atoms with van der Waals surface area (Å²) in [6.45, 7) is 5.52. The summed E-state index contributed by atoms with van der Waals surface area (Å²) in [7, 11) is 0. The first-order valence-corrected chi connectivity index (χ1v) is 8.82. The van der Waals surface area contributed by atoms with Crippen LogP contribution in [-0.4, -0.2) is 25.4 Å². The van der Waals surface area contributed by atoms with Gasteiger partial charge in [0.15, 0.2) is 6.29 Å². The second-order valence-electron chi connectivity index (χ2n) is 4.99. The van der Waals surface area contributed by atoms with Crippen LogP contribution in [0.5, 0.6) is 0 Å². The second kappa shape index (κ2) is 17.0. The third-order valence-corrected chi connectivity index (χ3v) is 3.43. The molecule has 0 N–H and O–H groups in total. The molecular formula is C17H33ClO2. The van der Waals surface area contributed by atoms with Crippen molar-refractivity contribution in [1.29, 1.82) is 0 Å². The Kier molecular flexibility index (Phi) is 17.0. The first-order valence-electron chi connectivity index (χ1n) is 8.29. The molecular weight excluding hydrogens is 272 g/mol. The summed E-state index contributed by atoms with van der Waals surface area (Å²) >= 11 is 5.61. The van der Waals surface area contributed by atoms with Gasteiger partial charge in [-0.2, -0.15) is 0 Å². The average Bonchev–Trinajstić information content (AvgIpc) is 2.45. The summed E-state index contributed by atoms with van der Waals surface area (Å²) in [5.74, 6) is 0.737. The van der Waals surface area contributed by atoms with Crippen molar-refractivity contribution in [2.45, 2.75) is 77.9 Å². The molecule has 3 heteroatoms. The van der Waals surface area contributed by atoms with Crippen molar-refractivity contribution in [3.05, 3.63) is 12.2 Å². The highest BCUT2D eigenvalue weighted by atomic mass is 35.5. The highest BCUT2D eigenvalue weighted by Crippen LogP contribution is 2.12. The third-order valence-electron chi connectivity index (χ3n) is 3.21. The van der Waals surface area contributed by atoms with Crippen LogP contribution in [0.15, 0.2) is 12.2 Å². The first kappa shape index (κ1) is 19.9. The minimum absolute atomic E-state index is 0.0112. The SMILES string of the molecule is CCOC(CCCCCCCC/C=C/CCCl)OCC. The summed E-state index contributed by atoms with van der Waals surface area (Å²) in [5.41, 5.74) is 0. The van der Waals surface area contributed by atoms with Gasteiger partial charge in [-0.15, -0.1) is 11.6 Å². The van der Waals surface area contributed by atoms with Gasteiger partial charge >= 0.3 is 0 Å². The van der Waals surface area contributed by atoms with Crippen LogP contribution in [-0.2, 0) is 9.47 Å². The summed E-state index contributed by atoms with van der Waals surface area (Å²) in [6.07, 6.45) is 15.5. The van der Waals surface area contributed by atoms with Crippen LogP contribution in [0.25, 0.3) is 0 Å². The molecule has 0 aromatic rings. The van der Waals surface area contributed by atoms with E-state index < -0.39 is 0 Å². The Labute approximate surface area is 130 Å². The van der Waals surface area contributed by atoms with Gasteiger partial charge in [0.2, 0.25) is 0 Å². The van der Waals surface area contributed by atoms with E-state index in [-0.39, 0.29) is 6.29 Å². The van der Waals surface area contributed by atoms with E-state index in [2.05, 4.69) is 12.2 Å². The quantitative estimate of drug-likeness (QED) is 0.167. The highest BCUT2D eigenvalue weighted by molar-refractivity contribution is 6.17. The van der Waals surface area contributed by atoms with Crippen molar-refractivity contribution in [2.75, 3.05) is 19.1 Å². The van der Waals surface area contributed by atoms with Crippen molar-refractivity contribution in [1.82, 2.24) is 0 Å². The van der Waals surface area contributed by atoms with Crippen LogP contribution in [0.1, 0.15) is 71.6 Å². The monoisotopic (exact) mass is 304 g/mol. The number of halogens is 1. The van der Waals surface area contributed by atoms with Crippen molar-refractivity contribution < 1.29 is 9.47 Å². The van der Waals surface area contributed by atoms with E-state index in [1.807, 2.05) is 13.8 Å². The topological polar surface area (TPSA) is 18.5 Å². The Morgan fingerprint density at radius 2 is 1.35 bits per heavy atom. The molecule has 0 atom stereocenters. The Bertz CT molecular complexity index is 201. The number of allylic oxidation sites excluding steroid dienone is 2. The third kappa shape index (κ3) is 14.4. The normalized spacial score (nSPS) is 11.8. The van der Waals surface area contributed by atoms with Gasteiger partial charge < -0.3 is 9.47 Å². The fourth-order valence-corrected chi connectivity index (χ4v) is 2.29. The summed E-state index contributed by atoms with van der Waals surface area (Å²) in [4.78, 5) is 0. The minimum Gasteiger partial charge on any atom is -0.353 e. The lowest BCUT2D eigenvalue weighted by Gasteiger charge is -2.16. The van der Waals surface area contributed by atoms with Gasteiger partial charge in [-0.3, -0.25) is 0 Å². The molecule has 120 valence electrons. The molecule has 0 spiro atoms. The van der Waals surface area contributed by atoms with Crippen LogP contribution in [0.3, 0.4) is 0 Å². The molecule has 0 aliphatic heterocycles. The molecule has 0 saturated heterocycles. The molecule has 20 heavy (non-hydrogen) atoms. The number of alkyl halides is 1. The van der Waals surface area contributed by atoms with Crippen LogP contribution >= 0.6 is 11.6 Å². The van der Waals surface area contributed by atoms with E-state index in [0.717, 1.165) is 31.9 Å². The van der Waals surface area contributed by atoms with Crippen molar-refractivity contribution in [3.63, 3.8) is 0 Å². The first-order chi connectivity index (χ1) is 9.85. The summed E-state index contributed by atoms with van der Waals surface area (Å²) in [6, 6.07) is 0. The minimum atomic E-state index is 0.0112. The fraction of sp³-hybridized carbons (Fsp3) is 0.882. The van der Waals surface area contributed by atoms with Crippen LogP contribution in [0, 0.1) is 0 Å². The van der Waals surface area contributed by atoms with Gasteiger partial charge in [0.1, 0.15) is 0 Å². The predicted molar refractivity (Wildman–Crippen MR) is 88.5 cm³/mol. The molecule has 0 heterocycles. The van der Waals surface area contributed by atoms with Crippen LogP contribution < -0.4 is 0 Å². The van der Waals surface area contributed by atoms with Gasteiger partial charge in [0.25, 0.3) is 0 Å². The number of rotatable bonds is 15. The maximum Gasteiger partial charge on any atom is 0.157 e. The largest absolute Gasteiger partial charge is 0.353 e. The van der Waals surface area contributed by atoms with E-state index in [1.54, 1.807) is 0 Å². The molecule has 0 aliphatic rings. The van der Waals surface area contributed by atoms with Crippen molar-refractivity contribution in [3.8, 4) is 0 Å². The van der Waals surface area contributed by atoms with Gasteiger partial charge in [0, 0.05) is 19.1 Å². The molecule has 0 aliphatic carbocycles. The zero-order valence-corrected chi connectivity index (χ0v) is 14.2. The van der Waals surface area contributed by atoms with Gasteiger partial charge in [0.05, 0.1) is 0 Å². The van der Waals surface area contributed by atoms with E-state index in [0.29, 0.717) is 0 Å². The zero-order chi connectivity index (χ0) is 14.9. The summed E-state index contributed by atoms with van der Waals surface area (Å²) in [5, 5.41) is 0. The standard InChI is InChI=1S/C17H33ClO2/c1-3-19-17(20-4-2)15-13-11-9-7-5-6-8-10-12-14-16-18/h10,12,17H,3-9,11,13-16H2,1-2H3/b12-10+. The Morgan fingerprint density at radius 1 is 0.800 bits per heavy atom. The molecule has 0 aromatic carbocycles. The lowest BCUT2D eigenvalue weighted by molar-refractivity contribution is -0.140. The molecule has 0 radical (unpaired) electrons. The smallest absolute Gasteiger partial charge is 0.157 e. The number of hydrogen-bond acceptors (Lipinski definition) is 2. The number of hydrogen-bond donors (Lipinski definition) is 0. The van der Waals surface area contributed by atoms with E-state index >= 15 is 0 Å². The lowest BCUT2D eigenvalue weighted by atomic mass is 10.1. The van der Waals surface area contributed by atoms with E-state index in [1.165, 1.54) is 44.9 Å². The summed E-state index contributed by atoms with van der Waals surface area (Å²) < 4.78 is 11.1. The van der Waals surface area contributed by atoms with Crippen molar-refractivity contribution >= 4 is 11.6 Å². The number of unbranched alkanes of at least 4 members (excludes halogenated alkanes) is 6. The van der Waals surface area contributed by atoms with E-state index in [4.69, 9.17) is 21.1 Å². The molecule has 0 aromatic heterocycles. The van der Waals surface area contributed by atoms with Crippen LogP contribution in [0.4, 0.5) is 0 Å². The van der Waals surface area contributed by atoms with Crippen molar-refractivity contribution in [2.24, 2.45) is 0 Å². The molecule has 0 amide bonds. The Morgan fingerprint density at radius 3 is 1.95 bits per heavy atom. The Balaban J connectivity index is 3.26. The molecule has 0 rings (SSSR count). The van der Waals surface area contributed by atoms with Gasteiger partial charge in [-0.25, -0.2) is 0 Å². The molecule has 2 nitrogen and oxygen atoms in total. The molecule has 0 unspecified atom stereocenters. The Hall–Kier alpha value is -0.0500. The van der Waals surface area contributed by atoms with E-state index in [9.17, 15) is 0 Å². The van der Waals surface area contributed by atoms with Crippen LogP contribution in [0.2, 0.25) is 0 Å². The maximum atomic E-state index is 5.61. The average molecular weight is 305 g/mol. The maximum absolute atomic E-state index is 5.61. The zero-order valence-electron chi connectivity index (χ0n) is 13.4. The molecule has 0 saturated carbocycles. The van der Waals surface area contributed by atoms with Gasteiger partial charge in [-0.05, 0) is 46.0 Å². The predicted octanol–water partition coefficient (Wildman–Crippen LogP) is 5.69.